The van der Waals surface area contributed by atoms with Gasteiger partial charge in [-0.05, 0) is 32.4 Å². The highest BCUT2D eigenvalue weighted by Gasteiger charge is 2.17. The van der Waals surface area contributed by atoms with Crippen molar-refractivity contribution in [3.05, 3.63) is 41.6 Å². The van der Waals surface area contributed by atoms with Gasteiger partial charge in [0.05, 0.1) is 0 Å². The van der Waals surface area contributed by atoms with Crippen LogP contribution in [0.2, 0.25) is 0 Å². The minimum absolute atomic E-state index is 0.285. The molecule has 0 unspecified atom stereocenters. The van der Waals surface area contributed by atoms with Gasteiger partial charge in [0, 0.05) is 0 Å². The molecule has 0 spiro atoms. The fourth-order valence-electron chi connectivity index (χ4n) is 1.53. The number of hydrogen-bond donors (Lipinski definition) is 3. The predicted octanol–water partition coefficient (Wildman–Crippen LogP) is 1.75. The first-order valence-corrected chi connectivity index (χ1v) is 6.94. The molecule has 0 aliphatic heterocycles. The molecule has 0 fully saturated rings. The molecule has 0 aliphatic rings. The van der Waals surface area contributed by atoms with Crippen LogP contribution < -0.4 is 10.6 Å². The van der Waals surface area contributed by atoms with Crippen molar-refractivity contribution < 1.29 is 24.2 Å². The van der Waals surface area contributed by atoms with Crippen molar-refractivity contribution >= 4 is 24.0 Å². The molecular formula is C16H20N2O5. The Morgan fingerprint density at radius 2 is 1.78 bits per heavy atom. The first-order chi connectivity index (χ1) is 10.7. The number of alkyl carbamates (subject to hydrolysis) is 1. The number of nitrogens with one attached hydrogen (secondary N) is 2. The van der Waals surface area contributed by atoms with Crippen LogP contribution in [0.25, 0.3) is 6.08 Å². The highest BCUT2D eigenvalue weighted by molar-refractivity contribution is 5.97. The third-order valence-electron chi connectivity index (χ3n) is 2.41. The summed E-state index contributed by atoms with van der Waals surface area (Å²) < 4.78 is 4.98. The lowest BCUT2D eigenvalue weighted by Gasteiger charge is -2.19. The van der Waals surface area contributed by atoms with Gasteiger partial charge in [-0.25, -0.2) is 9.59 Å². The summed E-state index contributed by atoms with van der Waals surface area (Å²) in [4.78, 5) is 34.3. The number of rotatable bonds is 5. The second-order valence-electron chi connectivity index (χ2n) is 5.68. The van der Waals surface area contributed by atoms with Gasteiger partial charge in [0.25, 0.3) is 0 Å². The maximum absolute atomic E-state index is 11.7. The molecule has 1 aromatic rings. The maximum Gasteiger partial charge on any atom is 0.408 e. The largest absolute Gasteiger partial charge is 0.477 e. The lowest BCUT2D eigenvalue weighted by atomic mass is 10.2. The van der Waals surface area contributed by atoms with Gasteiger partial charge in [-0.1, -0.05) is 30.3 Å². The van der Waals surface area contributed by atoms with Gasteiger partial charge in [0.1, 0.15) is 17.8 Å². The van der Waals surface area contributed by atoms with Gasteiger partial charge in [0.15, 0.2) is 0 Å². The summed E-state index contributed by atoms with van der Waals surface area (Å²) in [6.07, 6.45) is 0.574. The van der Waals surface area contributed by atoms with Crippen LogP contribution in [0.5, 0.6) is 0 Å². The molecule has 7 nitrogen and oxygen atoms in total. The molecule has 0 radical (unpaired) electrons. The van der Waals surface area contributed by atoms with E-state index in [1.165, 1.54) is 6.08 Å². The quantitative estimate of drug-likeness (QED) is 0.717. The highest BCUT2D eigenvalue weighted by Crippen LogP contribution is 2.06. The molecule has 0 aromatic heterocycles. The number of benzene rings is 1. The predicted molar refractivity (Wildman–Crippen MR) is 84.4 cm³/mol. The van der Waals surface area contributed by atoms with Crippen LogP contribution in [0.3, 0.4) is 0 Å². The lowest BCUT2D eigenvalue weighted by molar-refractivity contribution is -0.134. The smallest absolute Gasteiger partial charge is 0.408 e. The van der Waals surface area contributed by atoms with E-state index in [-0.39, 0.29) is 5.70 Å². The number of carbonyl (C=O) groups is 3. The van der Waals surface area contributed by atoms with Gasteiger partial charge in [-0.3, -0.25) is 4.79 Å². The van der Waals surface area contributed by atoms with Gasteiger partial charge in [0.2, 0.25) is 5.91 Å². The summed E-state index contributed by atoms with van der Waals surface area (Å²) in [6, 6.07) is 8.69. The summed E-state index contributed by atoms with van der Waals surface area (Å²) in [7, 11) is 0. The van der Waals surface area contributed by atoms with Crippen LogP contribution >= 0.6 is 0 Å². The Kier molecular flexibility index (Phi) is 6.32. The Hall–Kier alpha value is -2.83. The summed E-state index contributed by atoms with van der Waals surface area (Å²) >= 11 is 0. The third-order valence-corrected chi connectivity index (χ3v) is 2.41. The van der Waals surface area contributed by atoms with Crippen LogP contribution in [0.15, 0.2) is 36.0 Å². The molecule has 0 aliphatic carbocycles. The summed E-state index contributed by atoms with van der Waals surface area (Å²) in [5.74, 6) is -1.94. The normalized spacial score (nSPS) is 11.5. The summed E-state index contributed by atoms with van der Waals surface area (Å²) in [5, 5.41) is 13.6. The van der Waals surface area contributed by atoms with Crippen molar-refractivity contribution in [2.24, 2.45) is 0 Å². The fourth-order valence-corrected chi connectivity index (χ4v) is 1.53. The van der Waals surface area contributed by atoms with Crippen LogP contribution in [-0.4, -0.2) is 35.2 Å². The summed E-state index contributed by atoms with van der Waals surface area (Å²) in [6.45, 7) is 4.68. The van der Waals surface area contributed by atoms with E-state index >= 15 is 0 Å². The van der Waals surface area contributed by atoms with Crippen LogP contribution in [-0.2, 0) is 14.3 Å². The number of carboxylic acid groups (broad SMARTS) is 1. The molecule has 3 N–H and O–H groups in total. The van der Waals surface area contributed by atoms with Crippen molar-refractivity contribution in [3.63, 3.8) is 0 Å². The second kappa shape index (κ2) is 7.98. The van der Waals surface area contributed by atoms with Crippen molar-refractivity contribution in [1.29, 1.82) is 0 Å². The van der Waals surface area contributed by atoms with E-state index in [9.17, 15) is 14.4 Å². The Morgan fingerprint density at radius 3 is 2.30 bits per heavy atom. The van der Waals surface area contributed by atoms with E-state index in [1.807, 2.05) is 0 Å². The van der Waals surface area contributed by atoms with Crippen molar-refractivity contribution in [2.45, 2.75) is 26.4 Å². The molecule has 23 heavy (non-hydrogen) atoms. The Bertz CT molecular complexity index is 603. The van der Waals surface area contributed by atoms with Gasteiger partial charge in [-0.2, -0.15) is 0 Å². The van der Waals surface area contributed by atoms with Gasteiger partial charge < -0.3 is 20.5 Å². The van der Waals surface area contributed by atoms with Crippen molar-refractivity contribution in [2.75, 3.05) is 6.54 Å². The van der Waals surface area contributed by atoms with Crippen molar-refractivity contribution in [1.82, 2.24) is 10.6 Å². The monoisotopic (exact) mass is 320 g/mol. The summed E-state index contributed by atoms with van der Waals surface area (Å²) in [5.41, 5.74) is -0.336. The van der Waals surface area contributed by atoms with E-state index in [0.717, 1.165) is 0 Å². The second-order valence-corrected chi connectivity index (χ2v) is 5.68. The van der Waals surface area contributed by atoms with Crippen LogP contribution in [0.4, 0.5) is 4.79 Å². The topological polar surface area (TPSA) is 105 Å². The SMILES string of the molecule is CC(C)(C)OC(=O)NCC(=O)N/C(=C\c1ccccc1)C(=O)O. The molecule has 1 aromatic carbocycles. The number of aliphatic carboxylic acids is 1. The third kappa shape index (κ3) is 7.66. The van der Waals surface area contributed by atoms with E-state index in [4.69, 9.17) is 9.84 Å². The van der Waals surface area contributed by atoms with Crippen molar-refractivity contribution in [3.8, 4) is 0 Å². The fraction of sp³-hybridized carbons (Fsp3) is 0.312. The molecule has 0 bridgehead atoms. The van der Waals surface area contributed by atoms with Gasteiger partial charge >= 0.3 is 12.1 Å². The zero-order valence-electron chi connectivity index (χ0n) is 13.3. The highest BCUT2D eigenvalue weighted by atomic mass is 16.6. The van der Waals surface area contributed by atoms with Gasteiger partial charge in [-0.15, -0.1) is 0 Å². The molecule has 0 heterocycles. The Balaban J connectivity index is 2.61. The zero-order valence-corrected chi connectivity index (χ0v) is 13.3. The zero-order chi connectivity index (χ0) is 17.5. The Morgan fingerprint density at radius 1 is 1.17 bits per heavy atom. The first kappa shape index (κ1) is 18.2. The Labute approximate surface area is 134 Å². The maximum atomic E-state index is 11.7. The average molecular weight is 320 g/mol. The molecule has 0 saturated carbocycles. The minimum atomic E-state index is -1.28. The van der Waals surface area contributed by atoms with Crippen LogP contribution in [0.1, 0.15) is 26.3 Å². The van der Waals surface area contributed by atoms with E-state index in [1.54, 1.807) is 51.1 Å². The molecule has 1 rings (SSSR count). The van der Waals surface area contributed by atoms with E-state index in [2.05, 4.69) is 10.6 Å². The standard InChI is InChI=1S/C16H20N2O5/c1-16(2,3)23-15(22)17-10-13(19)18-12(14(20)21)9-11-7-5-4-6-8-11/h4-9H,10H2,1-3H3,(H,17,22)(H,18,19)(H,20,21)/b12-9-. The minimum Gasteiger partial charge on any atom is -0.477 e. The number of ether oxygens (including phenoxy) is 1. The molecule has 124 valence electrons. The molecule has 2 amide bonds. The molecule has 7 heteroatoms. The first-order valence-electron chi connectivity index (χ1n) is 6.94. The molecule has 0 saturated heterocycles. The van der Waals surface area contributed by atoms with Crippen LogP contribution in [0, 0.1) is 0 Å². The molecular weight excluding hydrogens is 300 g/mol. The van der Waals surface area contributed by atoms with E-state index in [0.29, 0.717) is 5.56 Å². The lowest BCUT2D eigenvalue weighted by Crippen LogP contribution is -2.40. The molecule has 0 atom stereocenters. The number of carboxylic acids is 1. The van der Waals surface area contributed by atoms with E-state index < -0.39 is 30.1 Å². The average Bonchev–Trinajstić information content (AvgIpc) is 2.43. The number of amides is 2. The number of carbonyl (C=O) groups excluding carboxylic acids is 2. The number of hydrogen-bond acceptors (Lipinski definition) is 4.